The number of aldehydes is 1. The Morgan fingerprint density at radius 1 is 1.50 bits per heavy atom. The predicted molar refractivity (Wildman–Crippen MR) is 55.5 cm³/mol. The average Bonchev–Trinajstić information content (AvgIpc) is 2.67. The van der Waals surface area contributed by atoms with Gasteiger partial charge in [0.1, 0.15) is 10.7 Å². The Labute approximate surface area is 85.5 Å². The second kappa shape index (κ2) is 3.67. The predicted octanol–water partition coefficient (Wildman–Crippen LogP) is 2.33. The second-order valence-electron chi connectivity index (χ2n) is 2.89. The summed E-state index contributed by atoms with van der Waals surface area (Å²) in [6, 6.07) is 1.93. The molecule has 0 radical (unpaired) electrons. The maximum absolute atomic E-state index is 10.5. The van der Waals surface area contributed by atoms with Crippen molar-refractivity contribution in [3.8, 4) is 10.6 Å². The highest BCUT2D eigenvalue weighted by Crippen LogP contribution is 2.25. The van der Waals surface area contributed by atoms with Crippen molar-refractivity contribution in [2.75, 3.05) is 0 Å². The number of pyridine rings is 1. The summed E-state index contributed by atoms with van der Waals surface area (Å²) in [7, 11) is 0. The molecule has 0 bridgehead atoms. The average molecular weight is 204 g/mol. The summed E-state index contributed by atoms with van der Waals surface area (Å²) in [5.74, 6) is 0. The van der Waals surface area contributed by atoms with Crippen LogP contribution in [0.25, 0.3) is 10.6 Å². The lowest BCUT2D eigenvalue weighted by atomic mass is 10.2. The molecule has 0 unspecified atom stereocenters. The van der Waals surface area contributed by atoms with E-state index in [4.69, 9.17) is 0 Å². The third kappa shape index (κ3) is 1.56. The van der Waals surface area contributed by atoms with E-state index in [9.17, 15) is 4.79 Å². The molecule has 2 aromatic heterocycles. The minimum atomic E-state index is 0.480. The van der Waals surface area contributed by atoms with Crippen LogP contribution in [-0.4, -0.2) is 16.3 Å². The SMILES string of the molecule is Cc1ccncc1-c1nc(C=O)cs1. The topological polar surface area (TPSA) is 42.9 Å². The lowest BCUT2D eigenvalue weighted by Crippen LogP contribution is -1.85. The summed E-state index contributed by atoms with van der Waals surface area (Å²) in [4.78, 5) is 18.7. The van der Waals surface area contributed by atoms with Crippen molar-refractivity contribution in [1.29, 1.82) is 0 Å². The second-order valence-corrected chi connectivity index (χ2v) is 3.74. The summed E-state index contributed by atoms with van der Waals surface area (Å²) < 4.78 is 0. The number of hydrogen-bond donors (Lipinski definition) is 0. The fourth-order valence-corrected chi connectivity index (χ4v) is 1.99. The summed E-state index contributed by atoms with van der Waals surface area (Å²) in [6.07, 6.45) is 4.27. The number of aryl methyl sites for hydroxylation is 1. The van der Waals surface area contributed by atoms with Crippen LogP contribution in [0.2, 0.25) is 0 Å². The van der Waals surface area contributed by atoms with Gasteiger partial charge in [-0.1, -0.05) is 0 Å². The van der Waals surface area contributed by atoms with Crippen LogP contribution >= 0.6 is 11.3 Å². The van der Waals surface area contributed by atoms with Gasteiger partial charge in [-0.3, -0.25) is 9.78 Å². The van der Waals surface area contributed by atoms with Crippen molar-refractivity contribution >= 4 is 17.6 Å². The van der Waals surface area contributed by atoms with E-state index < -0.39 is 0 Å². The molecule has 4 heteroatoms. The zero-order valence-electron chi connectivity index (χ0n) is 7.60. The van der Waals surface area contributed by atoms with Crippen molar-refractivity contribution in [1.82, 2.24) is 9.97 Å². The Balaban J connectivity index is 2.49. The van der Waals surface area contributed by atoms with Crippen LogP contribution in [0.5, 0.6) is 0 Å². The van der Waals surface area contributed by atoms with Crippen LogP contribution in [0.4, 0.5) is 0 Å². The van der Waals surface area contributed by atoms with Gasteiger partial charge in [0.15, 0.2) is 6.29 Å². The summed E-state index contributed by atoms with van der Waals surface area (Å²) >= 11 is 1.46. The number of aromatic nitrogens is 2. The zero-order valence-corrected chi connectivity index (χ0v) is 8.41. The molecule has 0 amide bonds. The summed E-state index contributed by atoms with van der Waals surface area (Å²) in [5, 5.41) is 2.59. The van der Waals surface area contributed by atoms with Gasteiger partial charge in [-0.15, -0.1) is 11.3 Å². The molecule has 70 valence electrons. The van der Waals surface area contributed by atoms with Gasteiger partial charge in [-0.25, -0.2) is 4.98 Å². The smallest absolute Gasteiger partial charge is 0.169 e. The van der Waals surface area contributed by atoms with E-state index in [0.29, 0.717) is 5.69 Å². The molecule has 0 aromatic carbocycles. The quantitative estimate of drug-likeness (QED) is 0.705. The van der Waals surface area contributed by atoms with E-state index >= 15 is 0 Å². The van der Waals surface area contributed by atoms with Crippen molar-refractivity contribution in [3.63, 3.8) is 0 Å². The number of thiazole rings is 1. The summed E-state index contributed by atoms with van der Waals surface area (Å²) in [5.41, 5.74) is 2.59. The van der Waals surface area contributed by atoms with Gasteiger partial charge >= 0.3 is 0 Å². The molecule has 2 heterocycles. The molecule has 0 spiro atoms. The minimum Gasteiger partial charge on any atom is -0.296 e. The van der Waals surface area contributed by atoms with Crippen LogP contribution < -0.4 is 0 Å². The number of hydrogen-bond acceptors (Lipinski definition) is 4. The van der Waals surface area contributed by atoms with E-state index in [0.717, 1.165) is 22.4 Å². The van der Waals surface area contributed by atoms with Crippen LogP contribution in [0.1, 0.15) is 16.1 Å². The molecule has 0 N–H and O–H groups in total. The maximum atomic E-state index is 10.5. The van der Waals surface area contributed by atoms with E-state index in [1.165, 1.54) is 11.3 Å². The highest BCUT2D eigenvalue weighted by Gasteiger charge is 2.06. The molecule has 14 heavy (non-hydrogen) atoms. The first-order valence-corrected chi connectivity index (χ1v) is 5.01. The third-order valence-electron chi connectivity index (χ3n) is 1.91. The molecule has 0 aliphatic carbocycles. The third-order valence-corrected chi connectivity index (χ3v) is 2.81. The van der Waals surface area contributed by atoms with Gasteiger partial charge in [0, 0.05) is 23.3 Å². The molecular formula is C10H8N2OS. The van der Waals surface area contributed by atoms with Gasteiger partial charge < -0.3 is 0 Å². The van der Waals surface area contributed by atoms with Crippen LogP contribution in [0.3, 0.4) is 0 Å². The number of carbonyl (C=O) groups excluding carboxylic acids is 1. The molecule has 0 aliphatic heterocycles. The standard InChI is InChI=1S/C10H8N2OS/c1-7-2-3-11-4-9(7)10-12-8(5-13)6-14-10/h2-6H,1H3. The minimum absolute atomic E-state index is 0.480. The first kappa shape index (κ1) is 9.02. The van der Waals surface area contributed by atoms with E-state index in [2.05, 4.69) is 9.97 Å². The largest absolute Gasteiger partial charge is 0.296 e. The molecule has 2 aromatic rings. The highest BCUT2D eigenvalue weighted by atomic mass is 32.1. The molecule has 0 saturated carbocycles. The summed E-state index contributed by atoms with van der Waals surface area (Å²) in [6.45, 7) is 2.00. The first-order valence-electron chi connectivity index (χ1n) is 4.13. The number of rotatable bonds is 2. The Morgan fingerprint density at radius 3 is 3.00 bits per heavy atom. The normalized spacial score (nSPS) is 10.1. The van der Waals surface area contributed by atoms with Crippen molar-refractivity contribution < 1.29 is 4.79 Å². The zero-order chi connectivity index (χ0) is 9.97. The molecule has 0 atom stereocenters. The van der Waals surface area contributed by atoms with E-state index in [1.54, 1.807) is 17.8 Å². The Kier molecular flexibility index (Phi) is 2.37. The van der Waals surface area contributed by atoms with Crippen LogP contribution in [-0.2, 0) is 0 Å². The van der Waals surface area contributed by atoms with Crippen LogP contribution in [0.15, 0.2) is 23.8 Å². The van der Waals surface area contributed by atoms with Crippen molar-refractivity contribution in [3.05, 3.63) is 35.1 Å². The maximum Gasteiger partial charge on any atom is 0.169 e. The monoisotopic (exact) mass is 204 g/mol. The molecule has 0 aliphatic rings. The molecule has 0 saturated heterocycles. The van der Waals surface area contributed by atoms with Gasteiger partial charge in [0.25, 0.3) is 0 Å². The van der Waals surface area contributed by atoms with Crippen LogP contribution in [0, 0.1) is 6.92 Å². The first-order chi connectivity index (χ1) is 6.81. The molecule has 0 fully saturated rings. The lowest BCUT2D eigenvalue weighted by Gasteiger charge is -1.98. The van der Waals surface area contributed by atoms with Gasteiger partial charge in [-0.05, 0) is 18.6 Å². The van der Waals surface area contributed by atoms with E-state index in [-0.39, 0.29) is 0 Å². The molecule has 2 rings (SSSR count). The van der Waals surface area contributed by atoms with Crippen molar-refractivity contribution in [2.45, 2.75) is 6.92 Å². The molecule has 3 nitrogen and oxygen atoms in total. The van der Waals surface area contributed by atoms with Gasteiger partial charge in [0.05, 0.1) is 0 Å². The van der Waals surface area contributed by atoms with Crippen molar-refractivity contribution in [2.24, 2.45) is 0 Å². The van der Waals surface area contributed by atoms with Gasteiger partial charge in [0.2, 0.25) is 0 Å². The number of carbonyl (C=O) groups is 1. The Morgan fingerprint density at radius 2 is 2.36 bits per heavy atom. The molecular weight excluding hydrogens is 196 g/mol. The lowest BCUT2D eigenvalue weighted by molar-refractivity contribution is 0.111. The fourth-order valence-electron chi connectivity index (χ4n) is 1.15. The van der Waals surface area contributed by atoms with Gasteiger partial charge in [-0.2, -0.15) is 0 Å². The fraction of sp³-hybridized carbons (Fsp3) is 0.100. The Hall–Kier alpha value is -1.55. The Bertz CT molecular complexity index is 465. The number of nitrogens with zero attached hydrogens (tertiary/aromatic N) is 2. The highest BCUT2D eigenvalue weighted by molar-refractivity contribution is 7.13. The van der Waals surface area contributed by atoms with E-state index in [1.807, 2.05) is 13.0 Å².